The van der Waals surface area contributed by atoms with Gasteiger partial charge in [-0.1, -0.05) is 24.3 Å². The molecule has 0 amide bonds. The van der Waals surface area contributed by atoms with Crippen molar-refractivity contribution in [3.8, 4) is 16.9 Å². The van der Waals surface area contributed by atoms with E-state index < -0.39 is 17.7 Å². The van der Waals surface area contributed by atoms with Crippen LogP contribution in [0.25, 0.3) is 22.0 Å². The Morgan fingerprint density at radius 3 is 2.58 bits per heavy atom. The van der Waals surface area contributed by atoms with Crippen molar-refractivity contribution in [3.63, 3.8) is 0 Å². The van der Waals surface area contributed by atoms with Gasteiger partial charge >= 0.3 is 12.1 Å². The van der Waals surface area contributed by atoms with E-state index in [9.17, 15) is 23.1 Å². The zero-order valence-corrected chi connectivity index (χ0v) is 13.7. The monoisotopic (exact) mass is 361 g/mol. The van der Waals surface area contributed by atoms with Crippen LogP contribution in [-0.4, -0.2) is 22.7 Å². The van der Waals surface area contributed by atoms with Crippen LogP contribution in [0.5, 0.6) is 5.75 Å². The predicted octanol–water partition coefficient (Wildman–Crippen LogP) is 4.80. The van der Waals surface area contributed by atoms with Crippen molar-refractivity contribution >= 4 is 16.9 Å². The minimum Gasteiger partial charge on any atom is -0.508 e. The molecular formula is C19H14F3NO3. The number of phenols is 1. The number of rotatable bonds is 3. The molecule has 0 aliphatic heterocycles. The molecular weight excluding hydrogens is 347 g/mol. The Morgan fingerprint density at radius 2 is 1.92 bits per heavy atom. The molecule has 0 spiro atoms. The first kappa shape index (κ1) is 17.7. The average molecular weight is 361 g/mol. The molecule has 1 aromatic heterocycles. The third-order valence-electron chi connectivity index (χ3n) is 3.83. The van der Waals surface area contributed by atoms with Crippen LogP contribution in [0.4, 0.5) is 13.2 Å². The van der Waals surface area contributed by atoms with Gasteiger partial charge in [-0.05, 0) is 30.7 Å². The number of ether oxygens (including phenoxy) is 1. The number of benzene rings is 2. The van der Waals surface area contributed by atoms with Crippen LogP contribution in [0.15, 0.2) is 48.7 Å². The highest BCUT2D eigenvalue weighted by Gasteiger charge is 2.34. The fraction of sp³-hybridized carbons (Fsp3) is 0.158. The third kappa shape index (κ3) is 3.20. The molecule has 134 valence electrons. The number of esters is 1. The number of halogens is 3. The lowest BCUT2D eigenvalue weighted by Gasteiger charge is -2.15. The Labute approximate surface area is 146 Å². The van der Waals surface area contributed by atoms with E-state index in [0.29, 0.717) is 5.56 Å². The van der Waals surface area contributed by atoms with Gasteiger partial charge in [0.1, 0.15) is 5.75 Å². The average Bonchev–Trinajstić information content (AvgIpc) is 2.59. The van der Waals surface area contributed by atoms with Crippen LogP contribution in [0, 0.1) is 0 Å². The van der Waals surface area contributed by atoms with Crippen molar-refractivity contribution in [2.24, 2.45) is 0 Å². The standard InChI is InChI=1S/C19H14F3NO3/c1-2-26-18(25)14-10-23-17-13(7-4-8-15(17)19(20,21)22)16(14)11-5-3-6-12(24)9-11/h3-10,24H,2H2,1H3. The van der Waals surface area contributed by atoms with Crippen LogP contribution in [0.1, 0.15) is 22.8 Å². The number of aromatic nitrogens is 1. The Kier molecular flexibility index (Phi) is 4.54. The van der Waals surface area contributed by atoms with Crippen molar-refractivity contribution in [3.05, 3.63) is 59.8 Å². The van der Waals surface area contributed by atoms with Gasteiger partial charge in [0.2, 0.25) is 0 Å². The fourth-order valence-corrected chi connectivity index (χ4v) is 2.79. The molecule has 26 heavy (non-hydrogen) atoms. The third-order valence-corrected chi connectivity index (χ3v) is 3.83. The first-order chi connectivity index (χ1) is 12.3. The van der Waals surface area contributed by atoms with Gasteiger partial charge in [0.15, 0.2) is 0 Å². The Morgan fingerprint density at radius 1 is 1.19 bits per heavy atom. The topological polar surface area (TPSA) is 59.4 Å². The summed E-state index contributed by atoms with van der Waals surface area (Å²) in [5.74, 6) is -0.771. The summed E-state index contributed by atoms with van der Waals surface area (Å²) in [5, 5.41) is 9.90. The molecule has 0 unspecified atom stereocenters. The Bertz CT molecular complexity index is 983. The van der Waals surface area contributed by atoms with Crippen molar-refractivity contribution < 1.29 is 27.8 Å². The molecule has 0 fully saturated rings. The normalized spacial score (nSPS) is 11.5. The molecule has 1 N–H and O–H groups in total. The number of pyridine rings is 1. The molecule has 0 bridgehead atoms. The van der Waals surface area contributed by atoms with E-state index in [1.54, 1.807) is 19.1 Å². The van der Waals surface area contributed by atoms with Crippen molar-refractivity contribution in [2.75, 3.05) is 6.61 Å². The van der Waals surface area contributed by atoms with Gasteiger partial charge in [-0.15, -0.1) is 0 Å². The van der Waals surface area contributed by atoms with E-state index in [0.717, 1.165) is 12.3 Å². The lowest BCUT2D eigenvalue weighted by atomic mass is 9.94. The van der Waals surface area contributed by atoms with Crippen LogP contribution in [0.2, 0.25) is 0 Å². The highest BCUT2D eigenvalue weighted by Crippen LogP contribution is 2.39. The molecule has 0 saturated heterocycles. The lowest BCUT2D eigenvalue weighted by Crippen LogP contribution is -2.10. The van der Waals surface area contributed by atoms with E-state index in [4.69, 9.17) is 4.74 Å². The molecule has 0 saturated carbocycles. The smallest absolute Gasteiger partial charge is 0.418 e. The molecule has 2 aromatic carbocycles. The van der Waals surface area contributed by atoms with Crippen LogP contribution < -0.4 is 0 Å². The maximum absolute atomic E-state index is 13.3. The second-order valence-corrected chi connectivity index (χ2v) is 5.52. The SMILES string of the molecule is CCOC(=O)c1cnc2c(C(F)(F)F)cccc2c1-c1cccc(O)c1. The van der Waals surface area contributed by atoms with Crippen LogP contribution in [0.3, 0.4) is 0 Å². The molecule has 0 atom stereocenters. The van der Waals surface area contributed by atoms with E-state index in [-0.39, 0.29) is 34.4 Å². The largest absolute Gasteiger partial charge is 0.508 e. The number of aromatic hydroxyl groups is 1. The Hall–Kier alpha value is -3.09. The molecule has 3 aromatic rings. The maximum Gasteiger partial charge on any atom is 0.418 e. The summed E-state index contributed by atoms with van der Waals surface area (Å²) in [5.41, 5.74) is -0.516. The van der Waals surface area contributed by atoms with Gasteiger partial charge in [-0.25, -0.2) is 4.79 Å². The van der Waals surface area contributed by atoms with Crippen molar-refractivity contribution in [1.29, 1.82) is 0 Å². The van der Waals surface area contributed by atoms with E-state index in [1.807, 2.05) is 0 Å². The molecule has 0 aliphatic carbocycles. The zero-order chi connectivity index (χ0) is 18.9. The predicted molar refractivity (Wildman–Crippen MR) is 89.8 cm³/mol. The summed E-state index contributed by atoms with van der Waals surface area (Å²) in [6.45, 7) is 1.74. The van der Waals surface area contributed by atoms with Gasteiger partial charge in [0, 0.05) is 17.1 Å². The summed E-state index contributed by atoms with van der Waals surface area (Å²) < 4.78 is 45.0. The number of carbonyl (C=O) groups excluding carboxylic acids is 1. The summed E-state index contributed by atoms with van der Waals surface area (Å²) in [4.78, 5) is 16.2. The fourth-order valence-electron chi connectivity index (χ4n) is 2.79. The number of fused-ring (bicyclic) bond motifs is 1. The summed E-state index contributed by atoms with van der Waals surface area (Å²) in [7, 11) is 0. The summed E-state index contributed by atoms with van der Waals surface area (Å²) >= 11 is 0. The van der Waals surface area contributed by atoms with Gasteiger partial charge in [-0.2, -0.15) is 13.2 Å². The number of para-hydroxylation sites is 1. The maximum atomic E-state index is 13.3. The molecule has 0 radical (unpaired) electrons. The van der Waals surface area contributed by atoms with E-state index in [1.165, 1.54) is 24.3 Å². The number of nitrogens with zero attached hydrogens (tertiary/aromatic N) is 1. The first-order valence-corrected chi connectivity index (χ1v) is 7.78. The first-order valence-electron chi connectivity index (χ1n) is 7.78. The molecule has 0 aliphatic rings. The highest BCUT2D eigenvalue weighted by atomic mass is 19.4. The van der Waals surface area contributed by atoms with Gasteiger partial charge in [-0.3, -0.25) is 4.98 Å². The minimum absolute atomic E-state index is 0.0317. The van der Waals surface area contributed by atoms with Crippen molar-refractivity contribution in [2.45, 2.75) is 13.1 Å². The van der Waals surface area contributed by atoms with E-state index >= 15 is 0 Å². The van der Waals surface area contributed by atoms with Crippen LogP contribution in [-0.2, 0) is 10.9 Å². The lowest BCUT2D eigenvalue weighted by molar-refractivity contribution is -0.136. The van der Waals surface area contributed by atoms with Gasteiger partial charge in [0.05, 0.1) is 23.3 Å². The van der Waals surface area contributed by atoms with Crippen molar-refractivity contribution in [1.82, 2.24) is 4.98 Å². The molecule has 1 heterocycles. The minimum atomic E-state index is -4.59. The summed E-state index contributed by atoms with van der Waals surface area (Å²) in [6, 6.07) is 9.59. The number of hydrogen-bond acceptors (Lipinski definition) is 4. The van der Waals surface area contributed by atoms with Gasteiger partial charge in [0.25, 0.3) is 0 Å². The quantitative estimate of drug-likeness (QED) is 0.681. The van der Waals surface area contributed by atoms with Crippen LogP contribution >= 0.6 is 0 Å². The Balaban J connectivity index is 2.39. The summed E-state index contributed by atoms with van der Waals surface area (Å²) in [6.07, 6.45) is -3.51. The number of phenolic OH excluding ortho intramolecular Hbond substituents is 1. The second kappa shape index (κ2) is 6.67. The van der Waals surface area contributed by atoms with Gasteiger partial charge < -0.3 is 9.84 Å². The number of alkyl halides is 3. The zero-order valence-electron chi connectivity index (χ0n) is 13.7. The molecule has 7 heteroatoms. The molecule has 4 nitrogen and oxygen atoms in total. The van der Waals surface area contributed by atoms with E-state index in [2.05, 4.69) is 4.98 Å². The number of hydrogen-bond donors (Lipinski definition) is 1. The highest BCUT2D eigenvalue weighted by molar-refractivity contribution is 6.07. The molecule has 3 rings (SSSR count). The number of carbonyl (C=O) groups is 1. The second-order valence-electron chi connectivity index (χ2n) is 5.52.